The number of hydrogen-bond acceptors (Lipinski definition) is 6. The molecule has 10 nitrogen and oxygen atoms in total. The molecule has 138 valence electrons. The number of aromatic nitrogens is 2. The lowest BCUT2D eigenvalue weighted by atomic mass is 9.88. The van der Waals surface area contributed by atoms with Crippen LogP contribution in [0.5, 0.6) is 0 Å². The number of nitrogens with zero attached hydrogens (tertiary/aromatic N) is 2. The highest BCUT2D eigenvalue weighted by atomic mass is 16.4. The highest BCUT2D eigenvalue weighted by Crippen LogP contribution is 2.25. The lowest BCUT2D eigenvalue weighted by molar-refractivity contribution is -0.144. The second-order valence-electron chi connectivity index (χ2n) is 5.98. The van der Waals surface area contributed by atoms with Gasteiger partial charge in [0.15, 0.2) is 6.04 Å². The van der Waals surface area contributed by atoms with Crippen LogP contribution in [0.15, 0.2) is 40.9 Å². The summed E-state index contributed by atoms with van der Waals surface area (Å²) in [5.41, 5.74) is -0.728. The molecule has 0 fully saturated rings. The van der Waals surface area contributed by atoms with Gasteiger partial charge in [-0.1, -0.05) is 0 Å². The molecule has 26 heavy (non-hydrogen) atoms. The number of imidazole rings is 1. The maximum atomic E-state index is 11.4. The minimum absolute atomic E-state index is 0.0173. The Morgan fingerprint density at radius 2 is 2.12 bits per heavy atom. The molecule has 2 rings (SSSR count). The first-order valence-corrected chi connectivity index (χ1v) is 7.60. The smallest absolute Gasteiger partial charge is 0.351 e. The minimum atomic E-state index is -1.48. The van der Waals surface area contributed by atoms with Gasteiger partial charge < -0.3 is 25.6 Å². The van der Waals surface area contributed by atoms with Crippen LogP contribution in [0, 0.1) is 0 Å². The first-order chi connectivity index (χ1) is 12.2. The fourth-order valence-electron chi connectivity index (χ4n) is 2.42. The van der Waals surface area contributed by atoms with Gasteiger partial charge in [0.05, 0.1) is 6.33 Å². The van der Waals surface area contributed by atoms with Crippen LogP contribution in [0.2, 0.25) is 0 Å². The molecule has 5 N–H and O–H groups in total. The zero-order chi connectivity index (χ0) is 19.3. The number of carbonyl (C=O) groups is 3. The van der Waals surface area contributed by atoms with Gasteiger partial charge in [0, 0.05) is 30.9 Å². The van der Waals surface area contributed by atoms with E-state index in [1.807, 2.05) is 0 Å². The van der Waals surface area contributed by atoms with E-state index in [4.69, 9.17) is 5.11 Å². The molecule has 0 bridgehead atoms. The van der Waals surface area contributed by atoms with Gasteiger partial charge >= 0.3 is 17.9 Å². The Balaban J connectivity index is 2.21. The summed E-state index contributed by atoms with van der Waals surface area (Å²) in [5, 5.41) is 30.2. The van der Waals surface area contributed by atoms with Gasteiger partial charge in [-0.05, 0) is 24.6 Å². The van der Waals surface area contributed by atoms with Crippen molar-refractivity contribution >= 4 is 24.1 Å². The van der Waals surface area contributed by atoms with Crippen LogP contribution in [0.3, 0.4) is 0 Å². The summed E-state index contributed by atoms with van der Waals surface area (Å²) in [6.45, 7) is 1.37. The summed E-state index contributed by atoms with van der Waals surface area (Å²) in [6, 6.07) is -1.05. The second kappa shape index (κ2) is 7.64. The number of aliphatic carboxylic acids is 3. The predicted octanol–water partition coefficient (Wildman–Crippen LogP) is 0.208. The molecule has 0 aliphatic carbocycles. The van der Waals surface area contributed by atoms with Crippen molar-refractivity contribution in [3.8, 4) is 0 Å². The number of H-pyrrole nitrogens is 1. The molecule has 1 aromatic rings. The summed E-state index contributed by atoms with van der Waals surface area (Å²) in [7, 11) is 0. The van der Waals surface area contributed by atoms with Crippen LogP contribution in [-0.2, 0) is 20.8 Å². The number of allylic oxidation sites excluding steroid dienone is 2. The molecule has 0 unspecified atom stereocenters. The zero-order valence-corrected chi connectivity index (χ0v) is 13.8. The molecule has 0 spiro atoms. The van der Waals surface area contributed by atoms with Gasteiger partial charge in [-0.15, -0.1) is 0 Å². The van der Waals surface area contributed by atoms with E-state index < -0.39 is 29.5 Å². The Labute approximate surface area is 148 Å². The Morgan fingerprint density at radius 3 is 2.65 bits per heavy atom. The largest absolute Gasteiger partial charge is 0.480 e. The zero-order valence-electron chi connectivity index (χ0n) is 13.8. The van der Waals surface area contributed by atoms with Crippen molar-refractivity contribution in [1.29, 1.82) is 0 Å². The van der Waals surface area contributed by atoms with E-state index in [1.165, 1.54) is 37.8 Å². The fourth-order valence-corrected chi connectivity index (χ4v) is 2.42. The number of aromatic amines is 1. The highest BCUT2D eigenvalue weighted by Gasteiger charge is 2.38. The average Bonchev–Trinajstić information content (AvgIpc) is 3.06. The van der Waals surface area contributed by atoms with Crippen molar-refractivity contribution in [2.75, 3.05) is 0 Å². The van der Waals surface area contributed by atoms with Crippen LogP contribution in [-0.4, -0.2) is 61.0 Å². The van der Waals surface area contributed by atoms with Crippen molar-refractivity contribution in [1.82, 2.24) is 15.3 Å². The molecule has 0 aromatic carbocycles. The van der Waals surface area contributed by atoms with Gasteiger partial charge in [0.1, 0.15) is 11.2 Å². The van der Waals surface area contributed by atoms with Crippen molar-refractivity contribution in [2.24, 2.45) is 4.99 Å². The Morgan fingerprint density at radius 1 is 1.38 bits per heavy atom. The van der Waals surface area contributed by atoms with E-state index in [0.717, 1.165) is 0 Å². The third kappa shape index (κ3) is 4.56. The van der Waals surface area contributed by atoms with E-state index >= 15 is 0 Å². The first-order valence-electron chi connectivity index (χ1n) is 7.60. The van der Waals surface area contributed by atoms with E-state index in [0.29, 0.717) is 11.3 Å². The van der Waals surface area contributed by atoms with Crippen LogP contribution in [0.25, 0.3) is 0 Å². The molecule has 1 aliphatic rings. The standard InChI is InChI=1S/C16H18N4O6/c1-16(15(25)26)6-9(4-12(20-16)14(23)24)2-3-18-11(13(21)22)5-10-7-17-8-19-10/h2-4,7-8,11,20H,5-6H2,1H3,(H,17,19)(H,21,22)(H,23,24)(H,25,26)/t11-,16-/m0/s1. The van der Waals surface area contributed by atoms with Crippen LogP contribution >= 0.6 is 0 Å². The lowest BCUT2D eigenvalue weighted by Crippen LogP contribution is -2.52. The van der Waals surface area contributed by atoms with E-state index in [-0.39, 0.29) is 18.5 Å². The third-order valence-electron chi connectivity index (χ3n) is 3.81. The Hall–Kier alpha value is -3.43. The Bertz CT molecular complexity index is 796. The molecular formula is C16H18N4O6. The summed E-state index contributed by atoms with van der Waals surface area (Å²) in [6.07, 6.45) is 7.01. The molecule has 1 aromatic heterocycles. The van der Waals surface area contributed by atoms with E-state index in [2.05, 4.69) is 20.3 Å². The highest BCUT2D eigenvalue weighted by molar-refractivity contribution is 5.91. The van der Waals surface area contributed by atoms with Crippen LogP contribution in [0.1, 0.15) is 19.0 Å². The van der Waals surface area contributed by atoms with Crippen molar-refractivity contribution < 1.29 is 29.7 Å². The predicted molar refractivity (Wildman–Crippen MR) is 89.8 cm³/mol. The van der Waals surface area contributed by atoms with Crippen molar-refractivity contribution in [3.05, 3.63) is 41.6 Å². The SMILES string of the molecule is C[C@@]1(C(=O)O)CC(=CC=N[C@@H](Cc2cnc[nH]2)C(=O)O)C=C(C(=O)O)N1. The molecule has 0 saturated heterocycles. The van der Waals surface area contributed by atoms with Gasteiger partial charge in [-0.3, -0.25) is 4.99 Å². The first kappa shape index (κ1) is 18.9. The van der Waals surface area contributed by atoms with Crippen molar-refractivity contribution in [2.45, 2.75) is 31.3 Å². The monoisotopic (exact) mass is 362 g/mol. The van der Waals surface area contributed by atoms with Crippen LogP contribution < -0.4 is 5.32 Å². The quantitative estimate of drug-likeness (QED) is 0.429. The third-order valence-corrected chi connectivity index (χ3v) is 3.81. The maximum Gasteiger partial charge on any atom is 0.351 e. The topological polar surface area (TPSA) is 165 Å². The molecule has 2 heterocycles. The van der Waals surface area contributed by atoms with Gasteiger partial charge in [-0.25, -0.2) is 19.4 Å². The molecule has 1 aliphatic heterocycles. The lowest BCUT2D eigenvalue weighted by Gasteiger charge is -2.31. The summed E-state index contributed by atoms with van der Waals surface area (Å²) in [4.78, 5) is 44.5. The van der Waals surface area contributed by atoms with Crippen LogP contribution in [0.4, 0.5) is 0 Å². The number of nitrogens with one attached hydrogen (secondary N) is 2. The van der Waals surface area contributed by atoms with Gasteiger partial charge in [0.25, 0.3) is 0 Å². The second-order valence-corrected chi connectivity index (χ2v) is 5.98. The average molecular weight is 362 g/mol. The van der Waals surface area contributed by atoms with Crippen molar-refractivity contribution in [3.63, 3.8) is 0 Å². The number of rotatable bonds is 7. The molecule has 0 amide bonds. The maximum absolute atomic E-state index is 11.4. The summed E-state index contributed by atoms with van der Waals surface area (Å²) >= 11 is 0. The number of carboxylic acids is 3. The Kier molecular flexibility index (Phi) is 5.55. The molecule has 10 heteroatoms. The van der Waals surface area contributed by atoms with E-state index in [9.17, 15) is 24.6 Å². The molecule has 0 saturated carbocycles. The molecular weight excluding hydrogens is 344 g/mol. The molecule has 0 radical (unpaired) electrons. The van der Waals surface area contributed by atoms with Gasteiger partial charge in [-0.2, -0.15) is 0 Å². The molecule has 2 atom stereocenters. The summed E-state index contributed by atoms with van der Waals surface area (Å²) < 4.78 is 0. The van der Waals surface area contributed by atoms with Gasteiger partial charge in [0.2, 0.25) is 0 Å². The fraction of sp³-hybridized carbons (Fsp3) is 0.312. The number of hydrogen-bond donors (Lipinski definition) is 5. The summed E-state index contributed by atoms with van der Waals surface area (Å²) in [5.74, 6) is -3.62. The number of carboxylic acid groups (broad SMARTS) is 3. The number of aliphatic imine (C=N–C) groups is 1. The van der Waals surface area contributed by atoms with E-state index in [1.54, 1.807) is 0 Å². The normalized spacial score (nSPS) is 22.7. The minimum Gasteiger partial charge on any atom is -0.480 e.